The maximum Gasteiger partial charge on any atom is 0.271 e. The molecular formula is C25H16FN3OS2. The Hall–Kier alpha value is -3.55. The molecule has 3 aromatic carbocycles. The lowest BCUT2D eigenvalue weighted by atomic mass is 10.2. The van der Waals surface area contributed by atoms with Crippen molar-refractivity contribution in [2.24, 2.45) is 4.99 Å². The van der Waals surface area contributed by atoms with Crippen LogP contribution >= 0.6 is 23.1 Å². The van der Waals surface area contributed by atoms with Gasteiger partial charge in [-0.05, 0) is 47.7 Å². The van der Waals surface area contributed by atoms with Gasteiger partial charge in [0.2, 0.25) is 5.13 Å². The van der Waals surface area contributed by atoms with E-state index >= 15 is 0 Å². The molecule has 7 heteroatoms. The van der Waals surface area contributed by atoms with E-state index in [2.05, 4.69) is 4.98 Å². The second kappa shape index (κ2) is 8.90. The first-order valence-electron chi connectivity index (χ1n) is 9.82. The van der Waals surface area contributed by atoms with E-state index < -0.39 is 0 Å². The van der Waals surface area contributed by atoms with Gasteiger partial charge in [-0.1, -0.05) is 60.7 Å². The van der Waals surface area contributed by atoms with Crippen LogP contribution in [0.4, 0.5) is 15.2 Å². The maximum atomic E-state index is 13.6. The molecule has 0 aliphatic carbocycles. The number of aromatic nitrogens is 1. The molecule has 156 valence electrons. The van der Waals surface area contributed by atoms with Crippen LogP contribution in [-0.4, -0.2) is 16.1 Å². The Morgan fingerprint density at radius 1 is 0.938 bits per heavy atom. The molecule has 1 aliphatic rings. The van der Waals surface area contributed by atoms with Crippen LogP contribution in [0.3, 0.4) is 0 Å². The number of amides is 1. The molecular weight excluding hydrogens is 441 g/mol. The highest BCUT2D eigenvalue weighted by molar-refractivity contribution is 8.19. The van der Waals surface area contributed by atoms with Gasteiger partial charge in [0.05, 0.1) is 16.3 Å². The van der Waals surface area contributed by atoms with E-state index in [0.717, 1.165) is 11.3 Å². The van der Waals surface area contributed by atoms with E-state index in [0.29, 0.717) is 26.5 Å². The molecule has 0 bridgehead atoms. The standard InChI is InChI=1S/C25H16FN3OS2/c26-19-11-7-8-17(14-19)15-22-23(30)29(20-12-5-2-6-13-20)25(32-22)28-24-27-21(16-31-24)18-9-3-1-4-10-18/h1-16H/b22-15-,28-25+. The molecule has 4 nitrogen and oxygen atoms in total. The molecule has 0 radical (unpaired) electrons. The number of thioether (sulfide) groups is 1. The molecule has 1 aromatic heterocycles. The van der Waals surface area contributed by atoms with E-state index in [4.69, 9.17) is 4.99 Å². The summed E-state index contributed by atoms with van der Waals surface area (Å²) in [6, 6.07) is 25.4. The van der Waals surface area contributed by atoms with Crippen molar-refractivity contribution in [3.05, 3.63) is 107 Å². The van der Waals surface area contributed by atoms with Gasteiger partial charge in [0.1, 0.15) is 5.82 Å². The van der Waals surface area contributed by atoms with Gasteiger partial charge in [0.15, 0.2) is 5.17 Å². The predicted molar refractivity (Wildman–Crippen MR) is 131 cm³/mol. The Kier molecular flexibility index (Phi) is 5.66. The smallest absolute Gasteiger partial charge is 0.268 e. The topological polar surface area (TPSA) is 45.6 Å². The SMILES string of the molecule is O=C1/C(=C/c2cccc(F)c2)S/C(=N/c2nc(-c3ccccc3)cs2)N1c1ccccc1. The fourth-order valence-corrected chi connectivity index (χ4v) is 4.98. The molecule has 4 aromatic rings. The normalized spacial score (nSPS) is 16.3. The summed E-state index contributed by atoms with van der Waals surface area (Å²) >= 11 is 2.67. The summed E-state index contributed by atoms with van der Waals surface area (Å²) in [5, 5.41) is 3.02. The van der Waals surface area contributed by atoms with E-state index in [-0.39, 0.29) is 11.7 Å². The minimum atomic E-state index is -0.347. The van der Waals surface area contributed by atoms with E-state index in [1.807, 2.05) is 66.0 Å². The van der Waals surface area contributed by atoms with Crippen molar-refractivity contribution >= 4 is 51.1 Å². The number of para-hydroxylation sites is 1. The number of thiazole rings is 1. The lowest BCUT2D eigenvalue weighted by Gasteiger charge is -2.14. The Bertz CT molecular complexity index is 1330. The minimum absolute atomic E-state index is 0.205. The lowest BCUT2D eigenvalue weighted by molar-refractivity contribution is -0.113. The molecule has 1 saturated heterocycles. The van der Waals surface area contributed by atoms with Crippen molar-refractivity contribution in [2.45, 2.75) is 0 Å². The number of halogens is 1. The number of carbonyl (C=O) groups excluding carboxylic acids is 1. The second-order valence-electron chi connectivity index (χ2n) is 6.92. The second-order valence-corrected chi connectivity index (χ2v) is 8.76. The fourth-order valence-electron chi connectivity index (χ4n) is 3.24. The zero-order valence-electron chi connectivity index (χ0n) is 16.7. The molecule has 32 heavy (non-hydrogen) atoms. The molecule has 1 amide bonds. The number of rotatable bonds is 4. The number of benzene rings is 3. The maximum absolute atomic E-state index is 13.6. The highest BCUT2D eigenvalue weighted by atomic mass is 32.2. The molecule has 5 rings (SSSR count). The molecule has 2 heterocycles. The van der Waals surface area contributed by atoms with Crippen LogP contribution in [0, 0.1) is 5.82 Å². The van der Waals surface area contributed by atoms with Gasteiger partial charge in [-0.15, -0.1) is 11.3 Å². The Morgan fingerprint density at radius 3 is 2.44 bits per heavy atom. The minimum Gasteiger partial charge on any atom is -0.268 e. The van der Waals surface area contributed by atoms with Gasteiger partial charge in [-0.25, -0.2) is 9.37 Å². The highest BCUT2D eigenvalue weighted by Gasteiger charge is 2.35. The first-order chi connectivity index (χ1) is 15.7. The summed E-state index contributed by atoms with van der Waals surface area (Å²) in [6.45, 7) is 0. The molecule has 0 saturated carbocycles. The highest BCUT2D eigenvalue weighted by Crippen LogP contribution is 2.38. The molecule has 0 N–H and O–H groups in total. The van der Waals surface area contributed by atoms with Crippen molar-refractivity contribution in [3.63, 3.8) is 0 Å². The van der Waals surface area contributed by atoms with E-state index in [1.165, 1.54) is 35.2 Å². The molecule has 1 fully saturated rings. The van der Waals surface area contributed by atoms with Gasteiger partial charge in [-0.3, -0.25) is 9.69 Å². The zero-order chi connectivity index (χ0) is 21.9. The first-order valence-corrected chi connectivity index (χ1v) is 11.5. The first kappa shape index (κ1) is 20.4. The van der Waals surface area contributed by atoms with E-state index in [1.54, 1.807) is 23.1 Å². The fraction of sp³-hybridized carbons (Fsp3) is 0. The summed E-state index contributed by atoms with van der Waals surface area (Å²) in [5.41, 5.74) is 3.19. The summed E-state index contributed by atoms with van der Waals surface area (Å²) < 4.78 is 13.6. The summed E-state index contributed by atoms with van der Waals surface area (Å²) in [4.78, 5) is 24.6. The Morgan fingerprint density at radius 2 is 1.69 bits per heavy atom. The van der Waals surface area contributed by atoms with Gasteiger partial charge in [0, 0.05) is 10.9 Å². The van der Waals surface area contributed by atoms with Crippen molar-refractivity contribution in [3.8, 4) is 11.3 Å². The van der Waals surface area contributed by atoms with Gasteiger partial charge < -0.3 is 0 Å². The summed E-state index contributed by atoms with van der Waals surface area (Å²) in [5.74, 6) is -0.552. The third-order valence-electron chi connectivity index (χ3n) is 4.72. The van der Waals surface area contributed by atoms with Crippen LogP contribution in [0.15, 0.2) is 100 Å². The number of amidine groups is 1. The third kappa shape index (κ3) is 4.26. The van der Waals surface area contributed by atoms with Crippen LogP contribution in [0.1, 0.15) is 5.56 Å². The number of hydrogen-bond acceptors (Lipinski definition) is 5. The van der Waals surface area contributed by atoms with Gasteiger partial charge >= 0.3 is 0 Å². The third-order valence-corrected chi connectivity index (χ3v) is 6.42. The number of nitrogens with zero attached hydrogens (tertiary/aromatic N) is 3. The lowest BCUT2D eigenvalue weighted by Crippen LogP contribution is -2.28. The van der Waals surface area contributed by atoms with Crippen molar-refractivity contribution in [2.75, 3.05) is 4.90 Å². The predicted octanol–water partition coefficient (Wildman–Crippen LogP) is 6.76. The zero-order valence-corrected chi connectivity index (χ0v) is 18.3. The number of aliphatic imine (C=N–C) groups is 1. The molecule has 0 unspecified atom stereocenters. The monoisotopic (exact) mass is 457 g/mol. The van der Waals surface area contributed by atoms with Crippen molar-refractivity contribution < 1.29 is 9.18 Å². The Labute approximate surface area is 192 Å². The van der Waals surface area contributed by atoms with Crippen LogP contribution in [-0.2, 0) is 4.79 Å². The van der Waals surface area contributed by atoms with Crippen LogP contribution in [0.25, 0.3) is 17.3 Å². The van der Waals surface area contributed by atoms with Crippen LogP contribution in [0.5, 0.6) is 0 Å². The van der Waals surface area contributed by atoms with Gasteiger partial charge in [0.25, 0.3) is 5.91 Å². The molecule has 0 spiro atoms. The quantitative estimate of drug-likeness (QED) is 0.318. The molecule has 0 atom stereocenters. The number of anilines is 1. The summed E-state index contributed by atoms with van der Waals surface area (Å²) in [7, 11) is 0. The van der Waals surface area contributed by atoms with Crippen molar-refractivity contribution in [1.82, 2.24) is 4.98 Å². The number of hydrogen-bond donors (Lipinski definition) is 0. The van der Waals surface area contributed by atoms with Gasteiger partial charge in [-0.2, -0.15) is 4.99 Å². The average Bonchev–Trinajstić information content (AvgIpc) is 3.40. The van der Waals surface area contributed by atoms with Crippen LogP contribution in [0.2, 0.25) is 0 Å². The van der Waals surface area contributed by atoms with Crippen molar-refractivity contribution in [1.29, 1.82) is 0 Å². The van der Waals surface area contributed by atoms with Crippen LogP contribution < -0.4 is 4.90 Å². The van der Waals surface area contributed by atoms with E-state index in [9.17, 15) is 9.18 Å². The molecule has 1 aliphatic heterocycles. The largest absolute Gasteiger partial charge is 0.271 e. The Balaban J connectivity index is 1.53. The average molecular weight is 458 g/mol. The summed E-state index contributed by atoms with van der Waals surface area (Å²) in [6.07, 6.45) is 1.69. The number of carbonyl (C=O) groups is 1.